The number of carbonyl (C=O) groups excluding carboxylic acids is 1. The van der Waals surface area contributed by atoms with Gasteiger partial charge in [-0.05, 0) is 41.0 Å². The Kier molecular flexibility index (Phi) is 5.17. The van der Waals surface area contributed by atoms with Crippen molar-refractivity contribution in [2.45, 2.75) is 19.1 Å². The third-order valence-corrected chi connectivity index (χ3v) is 4.85. The van der Waals surface area contributed by atoms with Gasteiger partial charge in [0, 0.05) is 6.42 Å². The zero-order valence-electron chi connectivity index (χ0n) is 15.2. The number of hydrogen-bond acceptors (Lipinski definition) is 5. The Bertz CT molecular complexity index is 967. The van der Waals surface area contributed by atoms with Crippen LogP contribution < -0.4 is 9.75 Å². The topological polar surface area (TPSA) is 62.1 Å². The lowest BCUT2D eigenvalue weighted by molar-refractivity contribution is -0.120. The first-order valence-electron chi connectivity index (χ1n) is 9.10. The first-order chi connectivity index (χ1) is 13.8. The SMILES string of the molecule is O=COc1ccc(N2N=C(c3ccccc3)CC2c2ccc(CO)cc2)cc1. The minimum atomic E-state index is 0.0264. The Balaban J connectivity index is 1.70. The fraction of sp³-hybridized carbons (Fsp3) is 0.130. The van der Waals surface area contributed by atoms with Gasteiger partial charge in [0.15, 0.2) is 0 Å². The van der Waals surface area contributed by atoms with Crippen molar-refractivity contribution in [3.63, 3.8) is 0 Å². The summed E-state index contributed by atoms with van der Waals surface area (Å²) in [6, 6.07) is 25.4. The van der Waals surface area contributed by atoms with Crippen LogP contribution in [0.15, 0.2) is 84.0 Å². The summed E-state index contributed by atoms with van der Waals surface area (Å²) >= 11 is 0. The molecule has 3 aromatic rings. The first kappa shape index (κ1) is 17.9. The van der Waals surface area contributed by atoms with Crippen molar-refractivity contribution in [2.24, 2.45) is 5.10 Å². The Morgan fingerprint density at radius 1 is 1.00 bits per heavy atom. The molecular formula is C23H20N2O3. The van der Waals surface area contributed by atoms with Crippen LogP contribution in [-0.4, -0.2) is 17.3 Å². The number of anilines is 1. The second-order valence-corrected chi connectivity index (χ2v) is 6.58. The van der Waals surface area contributed by atoms with Gasteiger partial charge in [0.25, 0.3) is 6.47 Å². The van der Waals surface area contributed by atoms with Gasteiger partial charge in [-0.1, -0.05) is 54.6 Å². The lowest BCUT2D eigenvalue weighted by atomic mass is 9.97. The molecule has 5 heteroatoms. The number of benzene rings is 3. The molecule has 1 aliphatic rings. The molecule has 0 fully saturated rings. The molecule has 0 aromatic heterocycles. The maximum Gasteiger partial charge on any atom is 0.298 e. The summed E-state index contributed by atoms with van der Waals surface area (Å²) in [6.07, 6.45) is 0.773. The van der Waals surface area contributed by atoms with E-state index >= 15 is 0 Å². The van der Waals surface area contributed by atoms with E-state index in [1.54, 1.807) is 12.1 Å². The van der Waals surface area contributed by atoms with Crippen LogP contribution in [0.25, 0.3) is 0 Å². The molecule has 1 atom stereocenters. The Hall–Kier alpha value is -3.44. The van der Waals surface area contributed by atoms with Crippen molar-refractivity contribution >= 4 is 17.9 Å². The Labute approximate surface area is 163 Å². The third kappa shape index (κ3) is 3.66. The smallest absolute Gasteiger partial charge is 0.298 e. The van der Waals surface area contributed by atoms with Crippen LogP contribution in [0, 0.1) is 0 Å². The fourth-order valence-corrected chi connectivity index (χ4v) is 3.39. The highest BCUT2D eigenvalue weighted by Gasteiger charge is 2.29. The summed E-state index contributed by atoms with van der Waals surface area (Å²) in [5.74, 6) is 0.494. The van der Waals surface area contributed by atoms with Gasteiger partial charge in [-0.15, -0.1) is 0 Å². The van der Waals surface area contributed by atoms with Gasteiger partial charge in [0.2, 0.25) is 0 Å². The van der Waals surface area contributed by atoms with E-state index in [0.29, 0.717) is 12.2 Å². The van der Waals surface area contributed by atoms with Crippen LogP contribution in [0.1, 0.15) is 29.2 Å². The molecule has 0 spiro atoms. The van der Waals surface area contributed by atoms with Gasteiger partial charge < -0.3 is 9.84 Å². The number of nitrogens with zero attached hydrogens (tertiary/aromatic N) is 2. The molecule has 0 saturated carbocycles. The summed E-state index contributed by atoms with van der Waals surface area (Å²) < 4.78 is 4.89. The molecule has 1 heterocycles. The zero-order chi connectivity index (χ0) is 19.3. The molecule has 0 aliphatic carbocycles. The zero-order valence-corrected chi connectivity index (χ0v) is 15.2. The van der Waals surface area contributed by atoms with Crippen LogP contribution in [0.5, 0.6) is 5.75 Å². The van der Waals surface area contributed by atoms with Gasteiger partial charge >= 0.3 is 0 Å². The van der Waals surface area contributed by atoms with E-state index in [9.17, 15) is 9.90 Å². The quantitative estimate of drug-likeness (QED) is 0.663. The normalized spacial score (nSPS) is 16.0. The summed E-state index contributed by atoms with van der Waals surface area (Å²) in [4.78, 5) is 10.5. The van der Waals surface area contributed by atoms with Gasteiger partial charge in [0.1, 0.15) is 5.75 Å². The Morgan fingerprint density at radius 3 is 2.36 bits per heavy atom. The van der Waals surface area contributed by atoms with Crippen LogP contribution in [0.3, 0.4) is 0 Å². The van der Waals surface area contributed by atoms with Crippen molar-refractivity contribution in [3.05, 3.63) is 95.6 Å². The molecule has 3 aromatic carbocycles. The minimum absolute atomic E-state index is 0.0264. The number of aliphatic hydroxyl groups excluding tert-OH is 1. The van der Waals surface area contributed by atoms with Crippen molar-refractivity contribution in [3.8, 4) is 5.75 Å². The largest absolute Gasteiger partial charge is 0.429 e. The predicted octanol–water partition coefficient (Wildman–Crippen LogP) is 4.07. The molecule has 28 heavy (non-hydrogen) atoms. The molecule has 0 bridgehead atoms. The number of carbonyl (C=O) groups is 1. The molecule has 0 radical (unpaired) electrons. The maximum atomic E-state index is 10.5. The molecule has 5 nitrogen and oxygen atoms in total. The molecule has 4 rings (SSSR count). The number of ether oxygens (including phenoxy) is 1. The second-order valence-electron chi connectivity index (χ2n) is 6.58. The lowest BCUT2D eigenvalue weighted by Gasteiger charge is -2.24. The van der Waals surface area contributed by atoms with E-state index in [1.165, 1.54) is 0 Å². The van der Waals surface area contributed by atoms with Gasteiger partial charge in [-0.3, -0.25) is 9.80 Å². The standard InChI is InChI=1S/C23H20N2O3/c26-15-17-6-8-19(9-7-17)23-14-22(18-4-2-1-3-5-18)24-25(23)20-10-12-21(13-11-20)28-16-27/h1-13,16,23,26H,14-15H2. The molecule has 0 amide bonds. The molecule has 1 aliphatic heterocycles. The number of hydrogen-bond donors (Lipinski definition) is 1. The summed E-state index contributed by atoms with van der Waals surface area (Å²) in [7, 11) is 0. The molecule has 1 N–H and O–H groups in total. The van der Waals surface area contributed by atoms with E-state index in [4.69, 9.17) is 9.84 Å². The summed E-state index contributed by atoms with van der Waals surface area (Å²) in [5, 5.41) is 16.2. The Morgan fingerprint density at radius 2 is 1.71 bits per heavy atom. The summed E-state index contributed by atoms with van der Waals surface area (Å²) in [6.45, 7) is 0.445. The van der Waals surface area contributed by atoms with E-state index in [-0.39, 0.29) is 12.6 Å². The lowest BCUT2D eigenvalue weighted by Crippen LogP contribution is -2.18. The van der Waals surface area contributed by atoms with Crippen LogP contribution >= 0.6 is 0 Å². The van der Waals surface area contributed by atoms with Crippen LogP contribution in [0.2, 0.25) is 0 Å². The van der Waals surface area contributed by atoms with Crippen molar-refractivity contribution in [2.75, 3.05) is 5.01 Å². The minimum Gasteiger partial charge on any atom is -0.429 e. The third-order valence-electron chi connectivity index (χ3n) is 4.85. The highest BCUT2D eigenvalue weighted by Crippen LogP contribution is 2.37. The molecule has 140 valence electrons. The number of rotatable bonds is 6. The number of aliphatic hydroxyl groups is 1. The monoisotopic (exact) mass is 372 g/mol. The predicted molar refractivity (Wildman–Crippen MR) is 108 cm³/mol. The van der Waals surface area contributed by atoms with Crippen molar-refractivity contribution in [1.82, 2.24) is 0 Å². The van der Waals surface area contributed by atoms with E-state index in [1.807, 2.05) is 59.6 Å². The summed E-state index contributed by atoms with van der Waals surface area (Å²) in [5.41, 5.74) is 5.04. The maximum absolute atomic E-state index is 10.5. The molecule has 0 saturated heterocycles. The van der Waals surface area contributed by atoms with Crippen molar-refractivity contribution < 1.29 is 14.6 Å². The van der Waals surface area contributed by atoms with Gasteiger partial charge in [0.05, 0.1) is 24.0 Å². The van der Waals surface area contributed by atoms with Crippen LogP contribution in [-0.2, 0) is 11.4 Å². The average Bonchev–Trinajstić information content (AvgIpc) is 3.21. The average molecular weight is 372 g/mol. The highest BCUT2D eigenvalue weighted by molar-refractivity contribution is 6.03. The molecule has 1 unspecified atom stereocenters. The van der Waals surface area contributed by atoms with Crippen molar-refractivity contribution in [1.29, 1.82) is 0 Å². The fourth-order valence-electron chi connectivity index (χ4n) is 3.39. The molecular weight excluding hydrogens is 352 g/mol. The van der Waals surface area contributed by atoms with E-state index in [2.05, 4.69) is 12.1 Å². The van der Waals surface area contributed by atoms with Gasteiger partial charge in [-0.2, -0.15) is 5.10 Å². The van der Waals surface area contributed by atoms with Gasteiger partial charge in [-0.25, -0.2) is 0 Å². The van der Waals surface area contributed by atoms with E-state index in [0.717, 1.165) is 34.5 Å². The second kappa shape index (κ2) is 8.06. The van der Waals surface area contributed by atoms with E-state index < -0.39 is 0 Å². The number of hydrazone groups is 1. The van der Waals surface area contributed by atoms with Crippen LogP contribution in [0.4, 0.5) is 5.69 Å². The first-order valence-corrected chi connectivity index (χ1v) is 9.10. The highest BCUT2D eigenvalue weighted by atomic mass is 16.5.